The zero-order chi connectivity index (χ0) is 6.72. The van der Waals surface area contributed by atoms with Gasteiger partial charge in [0.15, 0.2) is 0 Å². The van der Waals surface area contributed by atoms with E-state index < -0.39 is 0 Å². The van der Waals surface area contributed by atoms with Gasteiger partial charge in [-0.15, -0.1) is 0 Å². The van der Waals surface area contributed by atoms with Crippen LogP contribution in [0.15, 0.2) is 12.2 Å². The van der Waals surface area contributed by atoms with E-state index in [0.717, 1.165) is 6.42 Å². The van der Waals surface area contributed by atoms with Crippen molar-refractivity contribution in [2.75, 3.05) is 0 Å². The lowest BCUT2D eigenvalue weighted by Crippen LogP contribution is -2.21. The van der Waals surface area contributed by atoms with Crippen LogP contribution in [0, 0.1) is 11.8 Å². The Bertz CT molecular complexity index is 199. The standard InChI is InChI=1S/C8H10O2/c9-6-4-2-1-3-5(4)7-8(6)10-7/h1-2,4-9H,3H2. The van der Waals surface area contributed by atoms with Crippen molar-refractivity contribution in [3.63, 3.8) is 0 Å². The molecule has 1 aliphatic heterocycles. The van der Waals surface area contributed by atoms with E-state index in [1.807, 2.05) is 0 Å². The first-order valence-electron chi connectivity index (χ1n) is 3.88. The van der Waals surface area contributed by atoms with Crippen LogP contribution in [0.5, 0.6) is 0 Å². The fourth-order valence-electron chi connectivity index (χ4n) is 2.39. The predicted octanol–water partition coefficient (Wildman–Crippen LogP) is 0.321. The van der Waals surface area contributed by atoms with Gasteiger partial charge in [0.25, 0.3) is 0 Å². The highest BCUT2D eigenvalue weighted by atomic mass is 16.6. The maximum Gasteiger partial charge on any atom is 0.111 e. The molecule has 54 valence electrons. The quantitative estimate of drug-likeness (QED) is 0.386. The predicted molar refractivity (Wildman–Crippen MR) is 35.4 cm³/mol. The molecule has 1 saturated heterocycles. The molecule has 10 heavy (non-hydrogen) atoms. The first-order valence-corrected chi connectivity index (χ1v) is 3.88. The van der Waals surface area contributed by atoms with Gasteiger partial charge in [0.1, 0.15) is 6.10 Å². The molecule has 3 aliphatic rings. The lowest BCUT2D eigenvalue weighted by atomic mass is 9.97. The van der Waals surface area contributed by atoms with Gasteiger partial charge in [0, 0.05) is 11.8 Å². The van der Waals surface area contributed by atoms with Crippen LogP contribution < -0.4 is 0 Å². The molecule has 5 unspecified atom stereocenters. The Labute approximate surface area is 59.5 Å². The maximum absolute atomic E-state index is 9.53. The second kappa shape index (κ2) is 1.46. The molecule has 0 bridgehead atoms. The number of epoxide rings is 1. The molecule has 0 aromatic heterocycles. The highest BCUT2D eigenvalue weighted by Gasteiger charge is 2.61. The molecule has 1 saturated carbocycles. The molecule has 0 amide bonds. The Morgan fingerprint density at radius 3 is 3.10 bits per heavy atom. The molecule has 0 aromatic carbocycles. The highest BCUT2D eigenvalue weighted by Crippen LogP contribution is 2.51. The van der Waals surface area contributed by atoms with E-state index in [2.05, 4.69) is 12.2 Å². The molecule has 1 heterocycles. The smallest absolute Gasteiger partial charge is 0.111 e. The molecular weight excluding hydrogens is 128 g/mol. The van der Waals surface area contributed by atoms with E-state index in [4.69, 9.17) is 4.74 Å². The second-order valence-corrected chi connectivity index (χ2v) is 3.46. The molecule has 1 N–H and O–H groups in total. The third-order valence-corrected chi connectivity index (χ3v) is 2.98. The van der Waals surface area contributed by atoms with E-state index in [-0.39, 0.29) is 12.2 Å². The summed E-state index contributed by atoms with van der Waals surface area (Å²) in [5.41, 5.74) is 0. The summed E-state index contributed by atoms with van der Waals surface area (Å²) in [4.78, 5) is 0. The zero-order valence-electron chi connectivity index (χ0n) is 5.60. The largest absolute Gasteiger partial charge is 0.390 e. The Morgan fingerprint density at radius 2 is 2.30 bits per heavy atom. The second-order valence-electron chi connectivity index (χ2n) is 3.46. The van der Waals surface area contributed by atoms with Crippen LogP contribution in [0.1, 0.15) is 6.42 Å². The minimum atomic E-state index is -0.200. The Kier molecular flexibility index (Phi) is 0.778. The van der Waals surface area contributed by atoms with Crippen LogP contribution in [0.2, 0.25) is 0 Å². The average Bonchev–Trinajstić information content (AvgIpc) is 2.48. The number of fused-ring (bicyclic) bond motifs is 3. The highest BCUT2D eigenvalue weighted by molar-refractivity contribution is 5.19. The lowest BCUT2D eigenvalue weighted by Gasteiger charge is -2.14. The first kappa shape index (κ1) is 5.33. The minimum absolute atomic E-state index is 0.194. The van der Waals surface area contributed by atoms with Crippen molar-refractivity contribution in [3.8, 4) is 0 Å². The Morgan fingerprint density at radius 1 is 1.40 bits per heavy atom. The summed E-state index contributed by atoms with van der Waals surface area (Å²) in [6, 6.07) is 0. The summed E-state index contributed by atoms with van der Waals surface area (Å²) < 4.78 is 5.29. The van der Waals surface area contributed by atoms with Gasteiger partial charge >= 0.3 is 0 Å². The third-order valence-electron chi connectivity index (χ3n) is 2.98. The number of aliphatic hydroxyl groups excluding tert-OH is 1. The van der Waals surface area contributed by atoms with Crippen LogP contribution in [-0.2, 0) is 4.74 Å². The first-order chi connectivity index (χ1) is 4.88. The van der Waals surface area contributed by atoms with Gasteiger partial charge in [-0.05, 0) is 6.42 Å². The molecular formula is C8H10O2. The molecule has 0 aromatic rings. The van der Waals surface area contributed by atoms with Gasteiger partial charge in [-0.25, -0.2) is 0 Å². The van der Waals surface area contributed by atoms with E-state index in [9.17, 15) is 5.11 Å². The summed E-state index contributed by atoms with van der Waals surface area (Å²) in [7, 11) is 0. The van der Waals surface area contributed by atoms with Crippen molar-refractivity contribution in [2.45, 2.75) is 24.7 Å². The average molecular weight is 138 g/mol. The van der Waals surface area contributed by atoms with Gasteiger partial charge in [0.05, 0.1) is 12.2 Å². The molecule has 2 heteroatoms. The molecule has 5 atom stereocenters. The van der Waals surface area contributed by atoms with Crippen molar-refractivity contribution >= 4 is 0 Å². The SMILES string of the molecule is OC1C2C=CCC2C2OC12. The summed E-state index contributed by atoms with van der Waals surface area (Å²) in [6.07, 6.45) is 5.81. The van der Waals surface area contributed by atoms with E-state index in [0.29, 0.717) is 17.9 Å². The monoisotopic (exact) mass is 138 g/mol. The van der Waals surface area contributed by atoms with Crippen molar-refractivity contribution in [1.29, 1.82) is 0 Å². The van der Waals surface area contributed by atoms with Crippen molar-refractivity contribution in [3.05, 3.63) is 12.2 Å². The van der Waals surface area contributed by atoms with Gasteiger partial charge < -0.3 is 9.84 Å². The molecule has 2 fully saturated rings. The summed E-state index contributed by atoms with van der Waals surface area (Å²) >= 11 is 0. The van der Waals surface area contributed by atoms with Gasteiger partial charge in [0.2, 0.25) is 0 Å². The van der Waals surface area contributed by atoms with Crippen LogP contribution >= 0.6 is 0 Å². The summed E-state index contributed by atoms with van der Waals surface area (Å²) in [6.45, 7) is 0. The Hall–Kier alpha value is -0.340. The minimum Gasteiger partial charge on any atom is -0.390 e. The van der Waals surface area contributed by atoms with Crippen molar-refractivity contribution in [1.82, 2.24) is 0 Å². The number of allylic oxidation sites excluding steroid dienone is 1. The van der Waals surface area contributed by atoms with Crippen LogP contribution in [0.3, 0.4) is 0 Å². The van der Waals surface area contributed by atoms with Crippen LogP contribution in [0.4, 0.5) is 0 Å². The number of rotatable bonds is 0. The fraction of sp³-hybridized carbons (Fsp3) is 0.750. The summed E-state index contributed by atoms with van der Waals surface area (Å²) in [5.74, 6) is 1.03. The van der Waals surface area contributed by atoms with Crippen molar-refractivity contribution < 1.29 is 9.84 Å². The van der Waals surface area contributed by atoms with Gasteiger partial charge in [-0.2, -0.15) is 0 Å². The molecule has 2 nitrogen and oxygen atoms in total. The normalized spacial score (nSPS) is 62.3. The van der Waals surface area contributed by atoms with E-state index >= 15 is 0 Å². The summed E-state index contributed by atoms with van der Waals surface area (Å²) in [5, 5.41) is 9.53. The molecule has 0 radical (unpaired) electrons. The number of ether oxygens (including phenoxy) is 1. The van der Waals surface area contributed by atoms with Crippen LogP contribution in [0.25, 0.3) is 0 Å². The van der Waals surface area contributed by atoms with E-state index in [1.54, 1.807) is 0 Å². The zero-order valence-corrected chi connectivity index (χ0v) is 5.60. The number of aliphatic hydroxyl groups is 1. The molecule has 2 aliphatic carbocycles. The van der Waals surface area contributed by atoms with E-state index in [1.165, 1.54) is 0 Å². The van der Waals surface area contributed by atoms with Crippen LogP contribution in [-0.4, -0.2) is 23.4 Å². The Balaban J connectivity index is 1.96. The topological polar surface area (TPSA) is 32.8 Å². The number of hydrogen-bond acceptors (Lipinski definition) is 2. The van der Waals surface area contributed by atoms with Gasteiger partial charge in [-0.3, -0.25) is 0 Å². The fourth-order valence-corrected chi connectivity index (χ4v) is 2.39. The van der Waals surface area contributed by atoms with Crippen molar-refractivity contribution in [2.24, 2.45) is 11.8 Å². The third kappa shape index (κ3) is 0.444. The molecule has 3 rings (SSSR count). The lowest BCUT2D eigenvalue weighted by molar-refractivity contribution is 0.0692. The number of hydrogen-bond donors (Lipinski definition) is 1. The maximum atomic E-state index is 9.53. The molecule has 0 spiro atoms. The van der Waals surface area contributed by atoms with Gasteiger partial charge in [-0.1, -0.05) is 12.2 Å².